The molecule has 0 aliphatic carbocycles. The van der Waals surface area contributed by atoms with Gasteiger partial charge in [0.1, 0.15) is 0 Å². The maximum Gasteiger partial charge on any atom is 0.272 e. The Balaban J connectivity index is 2.16. The van der Waals surface area contributed by atoms with Gasteiger partial charge in [-0.05, 0) is 26.0 Å². The number of carbonyl (C=O) groups is 1. The van der Waals surface area contributed by atoms with Crippen LogP contribution in [0.1, 0.15) is 22.8 Å². The van der Waals surface area contributed by atoms with Crippen LogP contribution in [0.3, 0.4) is 0 Å². The first kappa shape index (κ1) is 15.4. The van der Waals surface area contributed by atoms with E-state index < -0.39 is 4.92 Å². The molecule has 0 saturated carbocycles. The number of rotatable bonds is 3. The second kappa shape index (κ2) is 6.19. The fraction of sp³-hybridized carbons (Fsp3) is 0.500. The highest BCUT2D eigenvalue weighted by Gasteiger charge is 2.27. The minimum absolute atomic E-state index is 0.0157. The lowest BCUT2D eigenvalue weighted by molar-refractivity contribution is -0.385. The molecular weight excluding hydrogens is 274 g/mol. The minimum Gasteiger partial charge on any atom is -0.373 e. The van der Waals surface area contributed by atoms with Crippen molar-refractivity contribution in [1.29, 1.82) is 0 Å². The van der Waals surface area contributed by atoms with Crippen molar-refractivity contribution < 1.29 is 14.5 Å². The first-order chi connectivity index (χ1) is 9.90. The molecule has 0 radical (unpaired) electrons. The average Bonchev–Trinajstić information content (AvgIpc) is 2.46. The Morgan fingerprint density at radius 1 is 1.57 bits per heavy atom. The number of ether oxygens (including phenoxy) is 1. The number of nitrogens with zero attached hydrogens (tertiary/aromatic N) is 2. The maximum atomic E-state index is 12.5. The predicted octanol–water partition coefficient (Wildman–Crippen LogP) is 1.09. The van der Waals surface area contributed by atoms with E-state index in [0.29, 0.717) is 30.8 Å². The Kier molecular flexibility index (Phi) is 4.54. The summed E-state index contributed by atoms with van der Waals surface area (Å²) in [5.74, 6) is -0.151. The van der Waals surface area contributed by atoms with E-state index in [1.807, 2.05) is 6.92 Å². The summed E-state index contributed by atoms with van der Waals surface area (Å²) in [6, 6.07) is 4.26. The molecule has 1 aliphatic rings. The average molecular weight is 293 g/mol. The first-order valence-corrected chi connectivity index (χ1v) is 6.81. The number of amides is 1. The van der Waals surface area contributed by atoms with Gasteiger partial charge in [-0.2, -0.15) is 0 Å². The summed E-state index contributed by atoms with van der Waals surface area (Å²) in [5.41, 5.74) is 6.75. The fourth-order valence-electron chi connectivity index (χ4n) is 2.35. The second-order valence-electron chi connectivity index (χ2n) is 5.28. The Hall–Kier alpha value is -1.99. The number of carbonyl (C=O) groups excluding carboxylic acids is 1. The van der Waals surface area contributed by atoms with Gasteiger partial charge in [0.2, 0.25) is 0 Å². The van der Waals surface area contributed by atoms with Gasteiger partial charge >= 0.3 is 0 Å². The van der Waals surface area contributed by atoms with Crippen LogP contribution >= 0.6 is 0 Å². The van der Waals surface area contributed by atoms with Crippen molar-refractivity contribution in [2.24, 2.45) is 5.73 Å². The topological polar surface area (TPSA) is 98.7 Å². The van der Waals surface area contributed by atoms with Crippen LogP contribution in [0.15, 0.2) is 18.2 Å². The molecule has 21 heavy (non-hydrogen) atoms. The summed E-state index contributed by atoms with van der Waals surface area (Å²) in [6.07, 6.45) is -0.179. The number of hydrogen-bond acceptors (Lipinski definition) is 5. The molecule has 2 N–H and O–H groups in total. The molecule has 2 rings (SSSR count). The van der Waals surface area contributed by atoms with E-state index in [2.05, 4.69) is 0 Å². The van der Waals surface area contributed by atoms with Gasteiger partial charge in [-0.3, -0.25) is 14.9 Å². The monoisotopic (exact) mass is 293 g/mol. The van der Waals surface area contributed by atoms with Crippen molar-refractivity contribution in [3.63, 3.8) is 0 Å². The number of nitrogens with two attached hydrogens (primary N) is 1. The molecule has 2 atom stereocenters. The molecule has 1 heterocycles. The zero-order valence-corrected chi connectivity index (χ0v) is 12.1. The third-order valence-corrected chi connectivity index (χ3v) is 3.61. The van der Waals surface area contributed by atoms with Crippen molar-refractivity contribution in [3.8, 4) is 0 Å². The normalized spacial score (nSPS) is 20.1. The molecule has 0 bridgehead atoms. The molecule has 1 fully saturated rings. The SMILES string of the molecule is Cc1cc(C(=O)N2CCOC(C(C)N)C2)ccc1[N+](=O)[O-]. The smallest absolute Gasteiger partial charge is 0.272 e. The van der Waals surface area contributed by atoms with E-state index in [9.17, 15) is 14.9 Å². The first-order valence-electron chi connectivity index (χ1n) is 6.81. The van der Waals surface area contributed by atoms with Gasteiger partial charge in [-0.25, -0.2) is 0 Å². The third kappa shape index (κ3) is 3.37. The van der Waals surface area contributed by atoms with E-state index >= 15 is 0 Å². The molecule has 1 aromatic rings. The van der Waals surface area contributed by atoms with Crippen LogP contribution in [0.5, 0.6) is 0 Å². The van der Waals surface area contributed by atoms with Gasteiger partial charge in [0.05, 0.1) is 17.6 Å². The van der Waals surface area contributed by atoms with E-state index in [-0.39, 0.29) is 23.7 Å². The predicted molar refractivity (Wildman–Crippen MR) is 77.1 cm³/mol. The van der Waals surface area contributed by atoms with E-state index in [1.165, 1.54) is 12.1 Å². The van der Waals surface area contributed by atoms with Crippen LogP contribution in [0.2, 0.25) is 0 Å². The number of benzene rings is 1. The van der Waals surface area contributed by atoms with Gasteiger partial charge in [0.25, 0.3) is 11.6 Å². The molecule has 7 heteroatoms. The number of nitro benzene ring substituents is 1. The van der Waals surface area contributed by atoms with Crippen molar-refractivity contribution >= 4 is 11.6 Å². The van der Waals surface area contributed by atoms with E-state index in [4.69, 9.17) is 10.5 Å². The van der Waals surface area contributed by atoms with Crippen LogP contribution in [0.4, 0.5) is 5.69 Å². The molecular formula is C14H19N3O4. The molecule has 114 valence electrons. The van der Waals surface area contributed by atoms with Crippen LogP contribution in [-0.2, 0) is 4.74 Å². The van der Waals surface area contributed by atoms with Crippen LogP contribution < -0.4 is 5.73 Å². The van der Waals surface area contributed by atoms with Crippen molar-refractivity contribution in [2.45, 2.75) is 26.0 Å². The van der Waals surface area contributed by atoms with Crippen LogP contribution in [0, 0.1) is 17.0 Å². The van der Waals surface area contributed by atoms with Gasteiger partial charge in [0.15, 0.2) is 0 Å². The minimum atomic E-state index is -0.454. The van der Waals surface area contributed by atoms with E-state index in [0.717, 1.165) is 0 Å². The summed E-state index contributed by atoms with van der Waals surface area (Å²) in [4.78, 5) is 24.5. The van der Waals surface area contributed by atoms with Crippen LogP contribution in [-0.4, -0.2) is 47.6 Å². The highest BCUT2D eigenvalue weighted by atomic mass is 16.6. The number of morpholine rings is 1. The highest BCUT2D eigenvalue weighted by Crippen LogP contribution is 2.20. The second-order valence-corrected chi connectivity index (χ2v) is 5.28. The van der Waals surface area contributed by atoms with Gasteiger partial charge < -0.3 is 15.4 Å². The van der Waals surface area contributed by atoms with Gasteiger partial charge in [-0.1, -0.05) is 0 Å². The Morgan fingerprint density at radius 3 is 2.86 bits per heavy atom. The molecule has 1 amide bonds. The van der Waals surface area contributed by atoms with Crippen molar-refractivity contribution in [2.75, 3.05) is 19.7 Å². The molecule has 0 aromatic heterocycles. The van der Waals surface area contributed by atoms with Gasteiger partial charge in [0, 0.05) is 36.3 Å². The summed E-state index contributed by atoms with van der Waals surface area (Å²) >= 11 is 0. The quantitative estimate of drug-likeness (QED) is 0.664. The van der Waals surface area contributed by atoms with Gasteiger partial charge in [-0.15, -0.1) is 0 Å². The zero-order chi connectivity index (χ0) is 15.6. The van der Waals surface area contributed by atoms with Crippen molar-refractivity contribution in [3.05, 3.63) is 39.4 Å². The number of aryl methyl sites for hydroxylation is 1. The number of nitro groups is 1. The standard InChI is InChI=1S/C14H19N3O4/c1-9-7-11(3-4-12(9)17(19)20)14(18)16-5-6-21-13(8-16)10(2)15/h3-4,7,10,13H,5-6,8,15H2,1-2H3. The Bertz CT molecular complexity index is 559. The zero-order valence-electron chi connectivity index (χ0n) is 12.1. The summed E-state index contributed by atoms with van der Waals surface area (Å²) in [5, 5.41) is 10.8. The van der Waals surface area contributed by atoms with E-state index in [1.54, 1.807) is 17.9 Å². The Labute approximate surface area is 122 Å². The lowest BCUT2D eigenvalue weighted by Gasteiger charge is -2.34. The largest absolute Gasteiger partial charge is 0.373 e. The highest BCUT2D eigenvalue weighted by molar-refractivity contribution is 5.94. The molecule has 1 aromatic carbocycles. The lowest BCUT2D eigenvalue weighted by atomic mass is 10.1. The maximum absolute atomic E-state index is 12.5. The summed E-state index contributed by atoms with van der Waals surface area (Å²) in [6.45, 7) is 4.85. The molecule has 0 spiro atoms. The molecule has 1 saturated heterocycles. The summed E-state index contributed by atoms with van der Waals surface area (Å²) < 4.78 is 5.52. The molecule has 7 nitrogen and oxygen atoms in total. The Morgan fingerprint density at radius 2 is 2.29 bits per heavy atom. The summed E-state index contributed by atoms with van der Waals surface area (Å²) in [7, 11) is 0. The molecule has 1 aliphatic heterocycles. The van der Waals surface area contributed by atoms with Crippen LogP contribution in [0.25, 0.3) is 0 Å². The molecule has 2 unspecified atom stereocenters. The third-order valence-electron chi connectivity index (χ3n) is 3.61. The van der Waals surface area contributed by atoms with Crippen molar-refractivity contribution in [1.82, 2.24) is 4.90 Å². The fourth-order valence-corrected chi connectivity index (χ4v) is 2.35. The number of hydrogen-bond donors (Lipinski definition) is 1. The lowest BCUT2D eigenvalue weighted by Crippen LogP contribution is -2.51.